The minimum atomic E-state index is 0.0534. The molecule has 0 spiro atoms. The lowest BCUT2D eigenvalue weighted by molar-refractivity contribution is -0.147. The number of hydrogen-bond donors (Lipinski definition) is 0. The quantitative estimate of drug-likeness (QED) is 0.792. The van der Waals surface area contributed by atoms with Gasteiger partial charge < -0.3 is 9.80 Å². The molecule has 2 saturated carbocycles. The average Bonchev–Trinajstić information content (AvgIpc) is 2.68. The monoisotopic (exact) mass is 346 g/mol. The molecule has 0 heterocycles. The van der Waals surface area contributed by atoms with E-state index in [4.69, 9.17) is 0 Å². The summed E-state index contributed by atoms with van der Waals surface area (Å²) in [5.41, 5.74) is 3.15. The normalized spacial score (nSPS) is 26.1. The Kier molecular flexibility index (Phi) is 4.31. The van der Waals surface area contributed by atoms with Gasteiger partial charge in [-0.3, -0.25) is 4.79 Å². The molecule has 0 bridgehead atoms. The van der Waals surface area contributed by atoms with Crippen LogP contribution in [0, 0.1) is 23.7 Å². The lowest BCUT2D eigenvalue weighted by atomic mass is 9.45. The van der Waals surface area contributed by atoms with Crippen molar-refractivity contribution >= 4 is 17.3 Å². The Morgan fingerprint density at radius 2 is 1.27 bits per heavy atom. The smallest absolute Gasteiger partial charge is 0.230 e. The van der Waals surface area contributed by atoms with Gasteiger partial charge in [-0.15, -0.1) is 0 Å². The molecule has 0 aliphatic heterocycles. The van der Waals surface area contributed by atoms with Crippen LogP contribution in [0.2, 0.25) is 0 Å². The first-order valence-electron chi connectivity index (χ1n) is 9.40. The van der Waals surface area contributed by atoms with Crippen molar-refractivity contribution in [2.75, 3.05) is 23.9 Å². The van der Waals surface area contributed by atoms with Crippen LogP contribution in [-0.2, 0) is 4.79 Å². The highest BCUT2D eigenvalue weighted by Gasteiger charge is 2.60. The minimum Gasteiger partial charge on any atom is -0.348 e. The number of para-hydroxylation sites is 2. The number of carbonyl (C=O) groups excluding carboxylic acids is 1. The molecule has 2 aromatic carbocycles. The van der Waals surface area contributed by atoms with Gasteiger partial charge >= 0.3 is 0 Å². The van der Waals surface area contributed by atoms with Gasteiger partial charge in [0.1, 0.15) is 0 Å². The van der Waals surface area contributed by atoms with Crippen LogP contribution in [0.4, 0.5) is 11.4 Å². The zero-order valence-electron chi connectivity index (χ0n) is 15.5. The standard InChI is InChI=1S/C23H26N2O/c1-16(24(2)17-10-6-4-7-11-17)21-19-14-15-20(19)22(21)23(26)25(3)18-12-8-5-9-13-18/h4-13,19-22H,1,14-15H2,2-3H3/t19-,20?,21?,22?/m1/s1. The van der Waals surface area contributed by atoms with E-state index in [1.807, 2.05) is 60.5 Å². The fourth-order valence-corrected chi connectivity index (χ4v) is 4.67. The van der Waals surface area contributed by atoms with Gasteiger partial charge in [-0.1, -0.05) is 43.0 Å². The van der Waals surface area contributed by atoms with Crippen molar-refractivity contribution < 1.29 is 4.79 Å². The summed E-state index contributed by atoms with van der Waals surface area (Å²) >= 11 is 0. The number of allylic oxidation sites excluding steroid dienone is 1. The summed E-state index contributed by atoms with van der Waals surface area (Å²) in [6, 6.07) is 20.2. The molecule has 3 heteroatoms. The van der Waals surface area contributed by atoms with Crippen molar-refractivity contribution in [2.45, 2.75) is 12.8 Å². The van der Waals surface area contributed by atoms with Crippen molar-refractivity contribution in [1.82, 2.24) is 0 Å². The summed E-state index contributed by atoms with van der Waals surface area (Å²) in [4.78, 5) is 17.2. The molecule has 4 rings (SSSR count). The van der Waals surface area contributed by atoms with E-state index in [9.17, 15) is 4.79 Å². The van der Waals surface area contributed by atoms with Crippen LogP contribution < -0.4 is 9.80 Å². The van der Waals surface area contributed by atoms with Crippen LogP contribution >= 0.6 is 0 Å². The summed E-state index contributed by atoms with van der Waals surface area (Å²) in [5.74, 6) is 1.67. The van der Waals surface area contributed by atoms with Gasteiger partial charge in [0.15, 0.2) is 0 Å². The van der Waals surface area contributed by atoms with Crippen molar-refractivity contribution in [3.63, 3.8) is 0 Å². The van der Waals surface area contributed by atoms with Crippen LogP contribution in [0.3, 0.4) is 0 Å². The Labute approximate surface area is 155 Å². The summed E-state index contributed by atoms with van der Waals surface area (Å²) < 4.78 is 0. The fourth-order valence-electron chi connectivity index (χ4n) is 4.67. The van der Waals surface area contributed by atoms with Gasteiger partial charge in [0, 0.05) is 37.1 Å². The fraction of sp³-hybridized carbons (Fsp3) is 0.348. The minimum absolute atomic E-state index is 0.0534. The van der Waals surface area contributed by atoms with Crippen molar-refractivity contribution in [3.8, 4) is 0 Å². The van der Waals surface area contributed by atoms with E-state index in [0.717, 1.165) is 17.1 Å². The van der Waals surface area contributed by atoms with Gasteiger partial charge in [-0.2, -0.15) is 0 Å². The summed E-state index contributed by atoms with van der Waals surface area (Å²) in [6.07, 6.45) is 2.39. The molecular formula is C23H26N2O. The molecule has 2 aromatic rings. The summed E-state index contributed by atoms with van der Waals surface area (Å²) in [5, 5.41) is 0. The number of rotatable bonds is 5. The zero-order valence-corrected chi connectivity index (χ0v) is 15.5. The third-order valence-electron chi connectivity index (χ3n) is 6.41. The second-order valence-electron chi connectivity index (χ2n) is 7.58. The van der Waals surface area contributed by atoms with E-state index < -0.39 is 0 Å². The van der Waals surface area contributed by atoms with Gasteiger partial charge in [0.2, 0.25) is 5.91 Å². The van der Waals surface area contributed by atoms with Crippen molar-refractivity contribution in [3.05, 3.63) is 72.9 Å². The molecule has 26 heavy (non-hydrogen) atoms. The SMILES string of the molecule is C=C(C1C(C(=O)N(C)c2ccccc2)C2CC[C@H]21)N(C)c1ccccc1. The molecule has 3 unspecified atom stereocenters. The molecule has 2 fully saturated rings. The van der Waals surface area contributed by atoms with Crippen LogP contribution in [0.15, 0.2) is 72.9 Å². The Morgan fingerprint density at radius 3 is 1.77 bits per heavy atom. The number of benzene rings is 2. The van der Waals surface area contributed by atoms with E-state index in [1.165, 1.54) is 12.8 Å². The Hall–Kier alpha value is -2.55. The number of amides is 1. The van der Waals surface area contributed by atoms with Gasteiger partial charge in [0.05, 0.1) is 5.92 Å². The van der Waals surface area contributed by atoms with Crippen LogP contribution in [0.1, 0.15) is 12.8 Å². The molecular weight excluding hydrogens is 320 g/mol. The maximum absolute atomic E-state index is 13.3. The second kappa shape index (κ2) is 6.64. The van der Waals surface area contributed by atoms with Gasteiger partial charge in [0.25, 0.3) is 0 Å². The average molecular weight is 346 g/mol. The maximum atomic E-state index is 13.3. The van der Waals surface area contributed by atoms with E-state index in [0.29, 0.717) is 11.8 Å². The molecule has 0 N–H and O–H groups in total. The third kappa shape index (κ3) is 2.63. The van der Waals surface area contributed by atoms with Gasteiger partial charge in [-0.05, 0) is 48.9 Å². The van der Waals surface area contributed by atoms with Crippen LogP contribution in [0.25, 0.3) is 0 Å². The first-order valence-corrected chi connectivity index (χ1v) is 9.40. The molecule has 134 valence electrons. The first-order chi connectivity index (χ1) is 12.6. The predicted octanol–water partition coefficient (Wildman–Crippen LogP) is 4.57. The van der Waals surface area contributed by atoms with E-state index in [-0.39, 0.29) is 17.7 Å². The van der Waals surface area contributed by atoms with Crippen molar-refractivity contribution in [1.29, 1.82) is 0 Å². The van der Waals surface area contributed by atoms with Crippen molar-refractivity contribution in [2.24, 2.45) is 23.7 Å². The molecule has 4 atom stereocenters. The van der Waals surface area contributed by atoms with Gasteiger partial charge in [-0.25, -0.2) is 0 Å². The largest absolute Gasteiger partial charge is 0.348 e. The number of carbonyl (C=O) groups is 1. The number of fused-ring (bicyclic) bond motifs is 1. The van der Waals surface area contributed by atoms with E-state index in [1.54, 1.807) is 0 Å². The lowest BCUT2D eigenvalue weighted by Gasteiger charge is -2.60. The maximum Gasteiger partial charge on any atom is 0.230 e. The molecule has 2 aliphatic carbocycles. The molecule has 3 nitrogen and oxygen atoms in total. The number of hydrogen-bond acceptors (Lipinski definition) is 2. The second-order valence-corrected chi connectivity index (χ2v) is 7.58. The first kappa shape index (κ1) is 16.9. The number of nitrogens with zero attached hydrogens (tertiary/aromatic N) is 2. The highest BCUT2D eigenvalue weighted by molar-refractivity contribution is 5.96. The number of anilines is 2. The Balaban J connectivity index is 1.54. The summed E-state index contributed by atoms with van der Waals surface area (Å²) in [7, 11) is 3.95. The zero-order chi connectivity index (χ0) is 18.3. The molecule has 1 amide bonds. The Bertz CT molecular complexity index is 732. The van der Waals surface area contributed by atoms with E-state index >= 15 is 0 Å². The molecule has 2 aliphatic rings. The lowest BCUT2D eigenvalue weighted by Crippen LogP contribution is -2.60. The predicted molar refractivity (Wildman–Crippen MR) is 107 cm³/mol. The topological polar surface area (TPSA) is 23.6 Å². The molecule has 0 saturated heterocycles. The van der Waals surface area contributed by atoms with E-state index in [2.05, 4.69) is 30.7 Å². The molecule has 0 aromatic heterocycles. The van der Waals surface area contributed by atoms with Crippen LogP contribution in [0.5, 0.6) is 0 Å². The Morgan fingerprint density at radius 1 is 0.808 bits per heavy atom. The highest BCUT2D eigenvalue weighted by atomic mass is 16.2. The van der Waals surface area contributed by atoms with Crippen LogP contribution in [-0.4, -0.2) is 20.0 Å². The summed E-state index contributed by atoms with van der Waals surface area (Å²) in [6.45, 7) is 4.39. The molecule has 0 radical (unpaired) electrons. The third-order valence-corrected chi connectivity index (χ3v) is 6.41. The highest BCUT2D eigenvalue weighted by Crippen LogP contribution is 2.61.